The molecule has 17 heavy (non-hydrogen) atoms. The zero-order chi connectivity index (χ0) is 11.7. The topological polar surface area (TPSA) is 26.0 Å². The molecule has 1 atom stereocenters. The Morgan fingerprint density at radius 2 is 2.00 bits per heavy atom. The molecule has 1 aromatic heterocycles. The van der Waals surface area contributed by atoms with Crippen molar-refractivity contribution in [1.82, 2.24) is 0 Å². The molecule has 3 rings (SSSR count). The van der Waals surface area contributed by atoms with Crippen LogP contribution < -0.4 is 5.73 Å². The summed E-state index contributed by atoms with van der Waals surface area (Å²) in [5.41, 5.74) is 9.18. The Morgan fingerprint density at radius 3 is 2.76 bits per heavy atom. The molecule has 0 aliphatic heterocycles. The first kappa shape index (κ1) is 11.0. The van der Waals surface area contributed by atoms with Gasteiger partial charge in [-0.1, -0.05) is 30.3 Å². The minimum absolute atomic E-state index is 0.160. The summed E-state index contributed by atoms with van der Waals surface area (Å²) in [6.45, 7) is 0. The van der Waals surface area contributed by atoms with Crippen molar-refractivity contribution < 1.29 is 0 Å². The van der Waals surface area contributed by atoms with Crippen LogP contribution >= 0.6 is 11.3 Å². The third-order valence-electron chi connectivity index (χ3n) is 3.43. The maximum Gasteiger partial charge on any atom is 0.0430 e. The number of hydrogen-bond acceptors (Lipinski definition) is 2. The molecule has 1 aliphatic rings. The van der Waals surface area contributed by atoms with E-state index >= 15 is 0 Å². The lowest BCUT2D eigenvalue weighted by Gasteiger charge is -2.09. The number of thiophene rings is 1. The van der Waals surface area contributed by atoms with Gasteiger partial charge in [-0.3, -0.25) is 0 Å². The first-order chi connectivity index (χ1) is 8.33. The quantitative estimate of drug-likeness (QED) is 0.877. The summed E-state index contributed by atoms with van der Waals surface area (Å²) in [4.78, 5) is 2.93. The molecule has 1 nitrogen and oxygen atoms in total. The molecule has 0 saturated heterocycles. The van der Waals surface area contributed by atoms with Crippen LogP contribution in [0.25, 0.3) is 0 Å². The van der Waals surface area contributed by atoms with Gasteiger partial charge in [0.15, 0.2) is 0 Å². The molecule has 0 bridgehead atoms. The molecule has 0 radical (unpaired) electrons. The van der Waals surface area contributed by atoms with Crippen LogP contribution in [0.15, 0.2) is 36.4 Å². The van der Waals surface area contributed by atoms with Crippen molar-refractivity contribution in [3.05, 3.63) is 57.3 Å². The summed E-state index contributed by atoms with van der Waals surface area (Å²) < 4.78 is 0. The number of rotatable bonds is 3. The van der Waals surface area contributed by atoms with Crippen LogP contribution in [-0.4, -0.2) is 0 Å². The average molecular weight is 243 g/mol. The van der Waals surface area contributed by atoms with Crippen LogP contribution in [0.2, 0.25) is 0 Å². The van der Waals surface area contributed by atoms with Crippen LogP contribution in [0.5, 0.6) is 0 Å². The van der Waals surface area contributed by atoms with Gasteiger partial charge in [-0.15, -0.1) is 11.3 Å². The van der Waals surface area contributed by atoms with E-state index in [1.807, 2.05) is 11.3 Å². The van der Waals surface area contributed by atoms with Gasteiger partial charge in [0, 0.05) is 15.8 Å². The summed E-state index contributed by atoms with van der Waals surface area (Å²) >= 11 is 1.92. The molecule has 2 aromatic rings. The van der Waals surface area contributed by atoms with Gasteiger partial charge in [0.1, 0.15) is 0 Å². The molecule has 1 heterocycles. The van der Waals surface area contributed by atoms with Crippen molar-refractivity contribution in [2.45, 2.75) is 31.7 Å². The van der Waals surface area contributed by atoms with Crippen LogP contribution in [0.1, 0.15) is 33.3 Å². The highest BCUT2D eigenvalue weighted by Crippen LogP contribution is 2.33. The van der Waals surface area contributed by atoms with E-state index < -0.39 is 0 Å². The van der Waals surface area contributed by atoms with Crippen LogP contribution in [-0.2, 0) is 19.3 Å². The number of fused-ring (bicyclic) bond motifs is 1. The van der Waals surface area contributed by atoms with Gasteiger partial charge in [0.25, 0.3) is 0 Å². The number of nitrogens with two attached hydrogens (primary N) is 1. The molecule has 0 amide bonds. The highest BCUT2D eigenvalue weighted by atomic mass is 32.1. The zero-order valence-corrected chi connectivity index (χ0v) is 10.7. The second kappa shape index (κ2) is 4.63. The Balaban J connectivity index is 1.75. The predicted molar refractivity (Wildman–Crippen MR) is 73.4 cm³/mol. The summed E-state index contributed by atoms with van der Waals surface area (Å²) in [6, 6.07) is 13.0. The van der Waals surface area contributed by atoms with Crippen molar-refractivity contribution in [3.8, 4) is 0 Å². The highest BCUT2D eigenvalue weighted by molar-refractivity contribution is 7.12. The first-order valence-corrected chi connectivity index (χ1v) is 7.05. The van der Waals surface area contributed by atoms with E-state index in [4.69, 9.17) is 5.73 Å². The van der Waals surface area contributed by atoms with Gasteiger partial charge >= 0.3 is 0 Å². The second-order valence-electron chi connectivity index (χ2n) is 4.75. The smallest absolute Gasteiger partial charge is 0.0430 e. The summed E-state index contributed by atoms with van der Waals surface area (Å²) in [5, 5.41) is 0. The number of aryl methyl sites for hydroxylation is 2. The van der Waals surface area contributed by atoms with Gasteiger partial charge in [0.05, 0.1) is 0 Å². The van der Waals surface area contributed by atoms with E-state index in [0.717, 1.165) is 6.42 Å². The zero-order valence-electron chi connectivity index (χ0n) is 9.86. The van der Waals surface area contributed by atoms with Gasteiger partial charge in [-0.25, -0.2) is 0 Å². The van der Waals surface area contributed by atoms with Crippen molar-refractivity contribution in [2.75, 3.05) is 0 Å². The lowest BCUT2D eigenvalue weighted by Crippen LogP contribution is -2.11. The van der Waals surface area contributed by atoms with E-state index in [9.17, 15) is 0 Å². The molecule has 2 heteroatoms. The van der Waals surface area contributed by atoms with E-state index in [1.165, 1.54) is 29.7 Å². The van der Waals surface area contributed by atoms with Crippen LogP contribution in [0.3, 0.4) is 0 Å². The Labute approximate surface area is 106 Å². The largest absolute Gasteiger partial charge is 0.323 e. The SMILES string of the molecule is NC(Cc1ccccc1)c1cc2c(s1)CCC2. The molecule has 0 saturated carbocycles. The molecule has 1 aromatic carbocycles. The Kier molecular flexibility index (Phi) is 3.00. The van der Waals surface area contributed by atoms with E-state index in [1.54, 1.807) is 10.4 Å². The highest BCUT2D eigenvalue weighted by Gasteiger charge is 2.18. The second-order valence-corrected chi connectivity index (χ2v) is 5.92. The van der Waals surface area contributed by atoms with Gasteiger partial charge in [0.2, 0.25) is 0 Å². The van der Waals surface area contributed by atoms with Crippen molar-refractivity contribution in [1.29, 1.82) is 0 Å². The first-order valence-electron chi connectivity index (χ1n) is 6.24. The third-order valence-corrected chi connectivity index (χ3v) is 4.80. The summed E-state index contributed by atoms with van der Waals surface area (Å²) in [7, 11) is 0. The van der Waals surface area contributed by atoms with Crippen molar-refractivity contribution >= 4 is 11.3 Å². The van der Waals surface area contributed by atoms with Crippen molar-refractivity contribution in [2.24, 2.45) is 5.73 Å². The third kappa shape index (κ3) is 2.28. The van der Waals surface area contributed by atoms with E-state index in [2.05, 4.69) is 36.4 Å². The Hall–Kier alpha value is -1.12. The van der Waals surface area contributed by atoms with Gasteiger partial charge in [-0.05, 0) is 42.9 Å². The summed E-state index contributed by atoms with van der Waals surface area (Å²) in [6.07, 6.45) is 4.79. The fourth-order valence-electron chi connectivity index (χ4n) is 2.50. The van der Waals surface area contributed by atoms with Gasteiger partial charge < -0.3 is 5.73 Å². The standard InChI is InChI=1S/C15H17NS/c16-13(9-11-5-2-1-3-6-11)15-10-12-7-4-8-14(12)17-15/h1-3,5-6,10,13H,4,7-9,16H2. The number of hydrogen-bond donors (Lipinski definition) is 1. The Bertz CT molecular complexity index is 479. The average Bonchev–Trinajstić information content (AvgIpc) is 2.90. The lowest BCUT2D eigenvalue weighted by atomic mass is 10.0. The minimum atomic E-state index is 0.160. The normalized spacial score (nSPS) is 15.8. The van der Waals surface area contributed by atoms with E-state index in [-0.39, 0.29) is 6.04 Å². The predicted octanol–water partition coefficient (Wildman–Crippen LogP) is 3.48. The molecule has 88 valence electrons. The monoisotopic (exact) mass is 243 g/mol. The molecule has 1 aliphatic carbocycles. The maximum absolute atomic E-state index is 6.30. The molecule has 0 spiro atoms. The minimum Gasteiger partial charge on any atom is -0.323 e. The fraction of sp³-hybridized carbons (Fsp3) is 0.333. The van der Waals surface area contributed by atoms with Crippen molar-refractivity contribution in [3.63, 3.8) is 0 Å². The maximum atomic E-state index is 6.30. The van der Waals surface area contributed by atoms with Gasteiger partial charge in [-0.2, -0.15) is 0 Å². The number of benzene rings is 1. The molecular formula is C15H17NS. The molecule has 2 N–H and O–H groups in total. The Morgan fingerprint density at radius 1 is 1.18 bits per heavy atom. The van der Waals surface area contributed by atoms with E-state index in [0.29, 0.717) is 0 Å². The molecule has 0 fully saturated rings. The summed E-state index contributed by atoms with van der Waals surface area (Å²) in [5.74, 6) is 0. The molecular weight excluding hydrogens is 226 g/mol. The van der Waals surface area contributed by atoms with Crippen LogP contribution in [0.4, 0.5) is 0 Å². The van der Waals surface area contributed by atoms with Crippen LogP contribution in [0, 0.1) is 0 Å². The lowest BCUT2D eigenvalue weighted by molar-refractivity contribution is 0.735. The fourth-order valence-corrected chi connectivity index (χ4v) is 3.76. The molecule has 1 unspecified atom stereocenters.